The van der Waals surface area contributed by atoms with Crippen molar-refractivity contribution >= 4 is 23.9 Å². The van der Waals surface area contributed by atoms with Gasteiger partial charge in [0, 0.05) is 0 Å². The standard InChI is InChI=1S/C20H34O9/c1-7-19(4,16(25)28-12-14(22)23)10-11-20(5,17(26)29-13-21)9-8-18(2,3)15(24)27-6/h21H,7-13H2,1-6H3,(H,22,23). The van der Waals surface area contributed by atoms with Crippen LogP contribution >= 0.6 is 0 Å². The number of hydrogen-bond donors (Lipinski definition) is 2. The average Bonchev–Trinajstić information content (AvgIpc) is 2.67. The van der Waals surface area contributed by atoms with E-state index >= 15 is 0 Å². The van der Waals surface area contributed by atoms with Crippen LogP contribution in [0.15, 0.2) is 0 Å². The predicted molar refractivity (Wildman–Crippen MR) is 103 cm³/mol. The van der Waals surface area contributed by atoms with Gasteiger partial charge >= 0.3 is 23.9 Å². The minimum absolute atomic E-state index is 0.218. The lowest BCUT2D eigenvalue weighted by atomic mass is 9.71. The maximum Gasteiger partial charge on any atom is 0.341 e. The normalized spacial score (nSPS) is 15.6. The lowest BCUT2D eigenvalue weighted by Crippen LogP contribution is -2.37. The lowest BCUT2D eigenvalue weighted by molar-refractivity contribution is -0.168. The number of ether oxygens (including phenoxy) is 3. The fourth-order valence-corrected chi connectivity index (χ4v) is 2.81. The molecule has 0 radical (unpaired) electrons. The van der Waals surface area contributed by atoms with Gasteiger partial charge in [0.05, 0.1) is 23.4 Å². The van der Waals surface area contributed by atoms with E-state index in [0.717, 1.165) is 0 Å². The molecule has 9 heteroatoms. The Hall–Kier alpha value is -2.16. The molecule has 9 nitrogen and oxygen atoms in total. The smallest absolute Gasteiger partial charge is 0.341 e. The van der Waals surface area contributed by atoms with Crippen molar-refractivity contribution in [3.05, 3.63) is 0 Å². The zero-order chi connectivity index (χ0) is 22.9. The number of aliphatic hydroxyl groups is 1. The quantitative estimate of drug-likeness (QED) is 0.262. The molecule has 0 saturated carbocycles. The lowest BCUT2D eigenvalue weighted by Gasteiger charge is -2.34. The Bertz CT molecular complexity index is 599. The minimum Gasteiger partial charge on any atom is -0.479 e. The number of methoxy groups -OCH3 is 1. The van der Waals surface area contributed by atoms with Crippen molar-refractivity contribution in [3.63, 3.8) is 0 Å². The number of carbonyl (C=O) groups is 4. The summed E-state index contributed by atoms with van der Waals surface area (Å²) in [5, 5.41) is 17.7. The van der Waals surface area contributed by atoms with Gasteiger partial charge in [-0.1, -0.05) is 6.92 Å². The van der Waals surface area contributed by atoms with Gasteiger partial charge in [-0.25, -0.2) is 4.79 Å². The first-order valence-electron chi connectivity index (χ1n) is 9.53. The first kappa shape index (κ1) is 26.8. The van der Waals surface area contributed by atoms with E-state index in [4.69, 9.17) is 24.4 Å². The number of rotatable bonds is 13. The molecular formula is C20H34O9. The van der Waals surface area contributed by atoms with Gasteiger partial charge in [0.25, 0.3) is 0 Å². The van der Waals surface area contributed by atoms with Gasteiger partial charge in [-0.3, -0.25) is 14.4 Å². The Morgan fingerprint density at radius 1 is 0.793 bits per heavy atom. The topological polar surface area (TPSA) is 136 Å². The number of aliphatic hydroxyl groups excluding tert-OH is 1. The van der Waals surface area contributed by atoms with E-state index in [9.17, 15) is 19.2 Å². The molecule has 0 aromatic rings. The third kappa shape index (κ3) is 8.00. The average molecular weight is 418 g/mol. The minimum atomic E-state index is -1.25. The van der Waals surface area contributed by atoms with Crippen molar-refractivity contribution in [1.29, 1.82) is 0 Å². The van der Waals surface area contributed by atoms with Crippen molar-refractivity contribution in [2.45, 2.75) is 66.7 Å². The second-order valence-corrected chi connectivity index (χ2v) is 8.38. The van der Waals surface area contributed by atoms with E-state index in [1.54, 1.807) is 34.6 Å². The highest BCUT2D eigenvalue weighted by Gasteiger charge is 2.42. The zero-order valence-corrected chi connectivity index (χ0v) is 18.2. The molecule has 0 aromatic heterocycles. The number of aliphatic carboxylic acids is 1. The molecular weight excluding hydrogens is 384 g/mol. The van der Waals surface area contributed by atoms with Gasteiger partial charge < -0.3 is 24.4 Å². The second kappa shape index (κ2) is 11.1. The highest BCUT2D eigenvalue weighted by molar-refractivity contribution is 5.80. The summed E-state index contributed by atoms with van der Waals surface area (Å²) in [4.78, 5) is 47.5. The molecule has 0 aliphatic rings. The molecule has 0 aliphatic carbocycles. The van der Waals surface area contributed by atoms with Crippen LogP contribution in [0, 0.1) is 16.2 Å². The van der Waals surface area contributed by atoms with Gasteiger partial charge in [-0.15, -0.1) is 0 Å². The Morgan fingerprint density at radius 2 is 1.28 bits per heavy atom. The Kier molecular flexibility index (Phi) is 10.3. The van der Waals surface area contributed by atoms with Crippen LogP contribution in [0.2, 0.25) is 0 Å². The summed E-state index contributed by atoms with van der Waals surface area (Å²) in [5.74, 6) is -2.96. The molecule has 0 bridgehead atoms. The van der Waals surface area contributed by atoms with Crippen LogP contribution in [0.4, 0.5) is 0 Å². The highest BCUT2D eigenvalue weighted by Crippen LogP contribution is 2.40. The number of hydrogen-bond acceptors (Lipinski definition) is 8. The fraction of sp³-hybridized carbons (Fsp3) is 0.800. The summed E-state index contributed by atoms with van der Waals surface area (Å²) in [7, 11) is 1.29. The van der Waals surface area contributed by atoms with E-state index in [0.29, 0.717) is 12.8 Å². The molecule has 2 N–H and O–H groups in total. The number of esters is 3. The molecule has 168 valence electrons. The monoisotopic (exact) mass is 418 g/mol. The van der Waals surface area contributed by atoms with E-state index in [2.05, 4.69) is 0 Å². The predicted octanol–water partition coefficient (Wildman–Crippen LogP) is 2.29. The van der Waals surface area contributed by atoms with Crippen molar-refractivity contribution < 1.29 is 43.6 Å². The SMILES string of the molecule is CCC(C)(CCC(C)(CCC(C)(C)C(=O)OC)C(=O)OCO)C(=O)OCC(=O)O. The number of carbonyl (C=O) groups excluding carboxylic acids is 3. The fourth-order valence-electron chi connectivity index (χ4n) is 2.81. The van der Waals surface area contributed by atoms with Crippen LogP contribution in [0.1, 0.15) is 66.7 Å². The highest BCUT2D eigenvalue weighted by atomic mass is 16.6. The summed E-state index contributed by atoms with van der Waals surface area (Å²) < 4.78 is 14.4. The number of carboxylic acids is 1. The second-order valence-electron chi connectivity index (χ2n) is 8.38. The summed E-state index contributed by atoms with van der Waals surface area (Å²) in [5.41, 5.74) is -2.89. The van der Waals surface area contributed by atoms with E-state index in [1.807, 2.05) is 0 Å². The molecule has 2 atom stereocenters. The summed E-state index contributed by atoms with van der Waals surface area (Å²) in [6, 6.07) is 0. The molecule has 0 amide bonds. The molecule has 0 aliphatic heterocycles. The van der Waals surface area contributed by atoms with Crippen molar-refractivity contribution in [3.8, 4) is 0 Å². The summed E-state index contributed by atoms with van der Waals surface area (Å²) in [6.45, 7) is 6.97. The van der Waals surface area contributed by atoms with Crippen molar-refractivity contribution in [2.75, 3.05) is 20.5 Å². The van der Waals surface area contributed by atoms with Crippen molar-refractivity contribution in [2.24, 2.45) is 16.2 Å². The molecule has 0 heterocycles. The van der Waals surface area contributed by atoms with E-state index in [1.165, 1.54) is 7.11 Å². The Labute approximate surface area is 171 Å². The van der Waals surface area contributed by atoms with E-state index < -0.39 is 53.5 Å². The molecule has 29 heavy (non-hydrogen) atoms. The molecule has 0 fully saturated rings. The Morgan fingerprint density at radius 3 is 1.72 bits per heavy atom. The van der Waals surface area contributed by atoms with Crippen LogP contribution in [0.3, 0.4) is 0 Å². The zero-order valence-electron chi connectivity index (χ0n) is 18.2. The first-order chi connectivity index (χ1) is 13.3. The van der Waals surface area contributed by atoms with Crippen LogP contribution < -0.4 is 0 Å². The largest absolute Gasteiger partial charge is 0.479 e. The maximum absolute atomic E-state index is 12.5. The van der Waals surface area contributed by atoms with Gasteiger partial charge in [0.15, 0.2) is 13.4 Å². The summed E-state index contributed by atoms with van der Waals surface area (Å²) in [6.07, 6.45) is 1.42. The Balaban J connectivity index is 5.40. The number of carboxylic acid groups (broad SMARTS) is 1. The summed E-state index contributed by atoms with van der Waals surface area (Å²) >= 11 is 0. The third-order valence-corrected chi connectivity index (χ3v) is 5.56. The van der Waals surface area contributed by atoms with Crippen LogP contribution in [0.5, 0.6) is 0 Å². The van der Waals surface area contributed by atoms with Crippen molar-refractivity contribution in [1.82, 2.24) is 0 Å². The van der Waals surface area contributed by atoms with Crippen LogP contribution in [-0.2, 0) is 33.4 Å². The first-order valence-corrected chi connectivity index (χ1v) is 9.53. The third-order valence-electron chi connectivity index (χ3n) is 5.56. The molecule has 0 rings (SSSR count). The van der Waals surface area contributed by atoms with Gasteiger partial charge in [0.2, 0.25) is 0 Å². The maximum atomic E-state index is 12.5. The van der Waals surface area contributed by atoms with Crippen LogP contribution in [-0.4, -0.2) is 54.6 Å². The molecule has 0 aromatic carbocycles. The van der Waals surface area contributed by atoms with Gasteiger partial charge in [-0.2, -0.15) is 0 Å². The molecule has 0 saturated heterocycles. The van der Waals surface area contributed by atoms with Gasteiger partial charge in [0.1, 0.15) is 0 Å². The van der Waals surface area contributed by atoms with Crippen LogP contribution in [0.25, 0.3) is 0 Å². The molecule has 0 spiro atoms. The van der Waals surface area contributed by atoms with E-state index in [-0.39, 0.29) is 19.3 Å². The molecule has 2 unspecified atom stereocenters. The van der Waals surface area contributed by atoms with Gasteiger partial charge in [-0.05, 0) is 59.8 Å².